The van der Waals surface area contributed by atoms with Crippen LogP contribution in [0.1, 0.15) is 6.92 Å². The highest BCUT2D eigenvalue weighted by molar-refractivity contribution is 5.76. The van der Waals surface area contributed by atoms with Gasteiger partial charge >= 0.3 is 0 Å². The largest absolute Gasteiger partial charge is 0.394 e. The van der Waals surface area contributed by atoms with Gasteiger partial charge in [0, 0.05) is 0 Å². The van der Waals surface area contributed by atoms with Crippen molar-refractivity contribution < 1.29 is 34.7 Å². The molecule has 1 aliphatic rings. The van der Waals surface area contributed by atoms with Crippen LogP contribution in [0.3, 0.4) is 0 Å². The second kappa shape index (κ2) is 5.67. The average molecular weight is 236 g/mol. The number of rotatable bonds is 4. The van der Waals surface area contributed by atoms with E-state index in [2.05, 4.69) is 0 Å². The van der Waals surface area contributed by atoms with Crippen molar-refractivity contribution in [3.63, 3.8) is 0 Å². The highest BCUT2D eigenvalue weighted by Crippen LogP contribution is 2.21. The molecule has 0 radical (unpaired) electrons. The SMILES string of the molecule is CC(=O)COC1OC(CO)C(O)C(O)C1O. The van der Waals surface area contributed by atoms with E-state index in [1.165, 1.54) is 6.92 Å². The summed E-state index contributed by atoms with van der Waals surface area (Å²) in [6, 6.07) is 0. The lowest BCUT2D eigenvalue weighted by Gasteiger charge is -2.39. The van der Waals surface area contributed by atoms with Crippen LogP contribution < -0.4 is 0 Å². The summed E-state index contributed by atoms with van der Waals surface area (Å²) in [6.45, 7) is 0.498. The normalized spacial score (nSPS) is 39.7. The van der Waals surface area contributed by atoms with Gasteiger partial charge in [0.25, 0.3) is 0 Å². The number of Topliss-reactive ketones (excluding diaryl/α,β-unsaturated/α-hetero) is 1. The predicted molar refractivity (Wildman–Crippen MR) is 50.4 cm³/mol. The molecular formula is C9H16O7. The number of ketones is 1. The lowest BCUT2D eigenvalue weighted by molar-refractivity contribution is -0.299. The van der Waals surface area contributed by atoms with Crippen LogP contribution in [0.5, 0.6) is 0 Å². The Balaban J connectivity index is 2.60. The highest BCUT2D eigenvalue weighted by Gasteiger charge is 2.43. The van der Waals surface area contributed by atoms with Gasteiger partial charge in [0.2, 0.25) is 0 Å². The Hall–Kier alpha value is -0.570. The molecule has 7 heteroatoms. The van der Waals surface area contributed by atoms with Crippen LogP contribution in [0.25, 0.3) is 0 Å². The quantitative estimate of drug-likeness (QED) is 0.422. The minimum atomic E-state index is -1.48. The molecule has 94 valence electrons. The third-order valence-electron chi connectivity index (χ3n) is 2.30. The second-order valence-electron chi connectivity index (χ2n) is 3.71. The zero-order valence-electron chi connectivity index (χ0n) is 8.81. The van der Waals surface area contributed by atoms with Crippen molar-refractivity contribution in [2.24, 2.45) is 0 Å². The Kier molecular flexibility index (Phi) is 4.78. The van der Waals surface area contributed by atoms with Gasteiger partial charge in [-0.25, -0.2) is 0 Å². The van der Waals surface area contributed by atoms with E-state index >= 15 is 0 Å². The summed E-state index contributed by atoms with van der Waals surface area (Å²) in [5.74, 6) is -0.267. The van der Waals surface area contributed by atoms with Gasteiger partial charge in [-0.2, -0.15) is 0 Å². The van der Waals surface area contributed by atoms with Gasteiger partial charge in [-0.05, 0) is 6.92 Å². The molecule has 0 aromatic rings. The fraction of sp³-hybridized carbons (Fsp3) is 0.889. The summed E-state index contributed by atoms with van der Waals surface area (Å²) < 4.78 is 9.90. The van der Waals surface area contributed by atoms with Gasteiger partial charge in [-0.1, -0.05) is 0 Å². The molecule has 4 N–H and O–H groups in total. The average Bonchev–Trinajstić information content (AvgIpc) is 2.25. The predicted octanol–water partition coefficient (Wildman–Crippen LogP) is -2.61. The van der Waals surface area contributed by atoms with Crippen LogP contribution in [0.15, 0.2) is 0 Å². The maximum absolute atomic E-state index is 10.7. The first-order valence-corrected chi connectivity index (χ1v) is 4.89. The van der Waals surface area contributed by atoms with E-state index in [1.807, 2.05) is 0 Å². The Labute approximate surface area is 92.2 Å². The molecule has 0 bridgehead atoms. The smallest absolute Gasteiger partial charge is 0.187 e. The molecule has 0 amide bonds. The first-order chi connectivity index (χ1) is 7.47. The van der Waals surface area contributed by atoms with E-state index in [1.54, 1.807) is 0 Å². The van der Waals surface area contributed by atoms with Crippen LogP contribution in [-0.2, 0) is 14.3 Å². The van der Waals surface area contributed by atoms with Crippen LogP contribution in [0.2, 0.25) is 0 Å². The van der Waals surface area contributed by atoms with Gasteiger partial charge in [0.05, 0.1) is 6.61 Å². The molecule has 1 aliphatic heterocycles. The van der Waals surface area contributed by atoms with E-state index < -0.39 is 37.3 Å². The zero-order valence-corrected chi connectivity index (χ0v) is 8.81. The van der Waals surface area contributed by atoms with Crippen molar-refractivity contribution in [1.82, 2.24) is 0 Å². The van der Waals surface area contributed by atoms with Crippen molar-refractivity contribution in [3.8, 4) is 0 Å². The van der Waals surface area contributed by atoms with E-state index in [4.69, 9.17) is 14.6 Å². The monoisotopic (exact) mass is 236 g/mol. The minimum absolute atomic E-state index is 0.267. The van der Waals surface area contributed by atoms with Gasteiger partial charge < -0.3 is 29.9 Å². The molecule has 0 aromatic heterocycles. The molecule has 5 atom stereocenters. The van der Waals surface area contributed by atoms with Crippen molar-refractivity contribution in [2.45, 2.75) is 37.6 Å². The number of hydrogen-bond donors (Lipinski definition) is 4. The molecule has 1 heterocycles. The Morgan fingerprint density at radius 2 is 1.88 bits per heavy atom. The number of ether oxygens (including phenoxy) is 2. The van der Waals surface area contributed by atoms with Gasteiger partial charge in [0.15, 0.2) is 12.1 Å². The lowest BCUT2D eigenvalue weighted by Crippen LogP contribution is -2.59. The number of carbonyl (C=O) groups is 1. The van der Waals surface area contributed by atoms with Gasteiger partial charge in [-0.3, -0.25) is 4.79 Å². The Morgan fingerprint density at radius 1 is 1.25 bits per heavy atom. The maximum atomic E-state index is 10.7. The lowest BCUT2D eigenvalue weighted by atomic mass is 9.99. The maximum Gasteiger partial charge on any atom is 0.187 e. The Bertz CT molecular complexity index is 242. The molecule has 16 heavy (non-hydrogen) atoms. The van der Waals surface area contributed by atoms with Crippen molar-refractivity contribution >= 4 is 5.78 Å². The number of hydrogen-bond acceptors (Lipinski definition) is 7. The Morgan fingerprint density at radius 3 is 2.38 bits per heavy atom. The summed E-state index contributed by atoms with van der Waals surface area (Å²) >= 11 is 0. The summed E-state index contributed by atoms with van der Waals surface area (Å²) in [6.07, 6.45) is -6.62. The van der Waals surface area contributed by atoms with E-state index in [0.29, 0.717) is 0 Å². The molecule has 0 saturated carbocycles. The molecule has 1 rings (SSSR count). The van der Waals surface area contributed by atoms with Crippen LogP contribution in [-0.4, -0.2) is 70.1 Å². The van der Waals surface area contributed by atoms with Crippen LogP contribution in [0.4, 0.5) is 0 Å². The second-order valence-corrected chi connectivity index (χ2v) is 3.71. The molecular weight excluding hydrogens is 220 g/mol. The fourth-order valence-corrected chi connectivity index (χ4v) is 1.40. The molecule has 0 aliphatic carbocycles. The third kappa shape index (κ3) is 2.97. The molecule has 5 unspecified atom stereocenters. The minimum Gasteiger partial charge on any atom is -0.394 e. The van der Waals surface area contributed by atoms with Crippen LogP contribution >= 0.6 is 0 Å². The van der Waals surface area contributed by atoms with E-state index in [-0.39, 0.29) is 12.4 Å². The molecule has 7 nitrogen and oxygen atoms in total. The molecule has 1 saturated heterocycles. The molecule has 0 aromatic carbocycles. The number of carbonyl (C=O) groups excluding carboxylic acids is 1. The molecule has 1 fully saturated rings. The number of aliphatic hydroxyl groups is 4. The first-order valence-electron chi connectivity index (χ1n) is 4.89. The summed E-state index contributed by atoms with van der Waals surface area (Å²) in [5.41, 5.74) is 0. The highest BCUT2D eigenvalue weighted by atomic mass is 16.7. The fourth-order valence-electron chi connectivity index (χ4n) is 1.40. The standard InChI is InChI=1S/C9H16O7/c1-4(11)3-15-9-8(14)7(13)6(12)5(2-10)16-9/h5-10,12-14H,2-3H2,1H3. The van der Waals surface area contributed by atoms with Gasteiger partial charge in [0.1, 0.15) is 31.0 Å². The zero-order chi connectivity index (χ0) is 12.3. The van der Waals surface area contributed by atoms with Crippen molar-refractivity contribution in [2.75, 3.05) is 13.2 Å². The molecule has 0 spiro atoms. The van der Waals surface area contributed by atoms with E-state index in [0.717, 1.165) is 0 Å². The topological polar surface area (TPSA) is 116 Å². The van der Waals surface area contributed by atoms with Crippen molar-refractivity contribution in [1.29, 1.82) is 0 Å². The van der Waals surface area contributed by atoms with Gasteiger partial charge in [-0.15, -0.1) is 0 Å². The number of aliphatic hydroxyl groups excluding tert-OH is 4. The van der Waals surface area contributed by atoms with Crippen LogP contribution in [0, 0.1) is 0 Å². The summed E-state index contributed by atoms with van der Waals surface area (Å²) in [4.78, 5) is 10.7. The summed E-state index contributed by atoms with van der Waals surface area (Å²) in [5, 5.41) is 37.2. The summed E-state index contributed by atoms with van der Waals surface area (Å²) in [7, 11) is 0. The van der Waals surface area contributed by atoms with Crippen molar-refractivity contribution in [3.05, 3.63) is 0 Å². The van der Waals surface area contributed by atoms with E-state index in [9.17, 15) is 20.1 Å². The first kappa shape index (κ1) is 13.5. The third-order valence-corrected chi connectivity index (χ3v) is 2.30.